The molecule has 8 heteroatoms. The van der Waals surface area contributed by atoms with E-state index in [0.29, 0.717) is 25.3 Å². The van der Waals surface area contributed by atoms with Gasteiger partial charge in [-0.15, -0.1) is 0 Å². The Morgan fingerprint density at radius 3 is 2.30 bits per heavy atom. The second kappa shape index (κ2) is 9.15. The fourth-order valence-corrected chi connectivity index (χ4v) is 3.96. The highest BCUT2D eigenvalue weighted by atomic mass is 16.5. The summed E-state index contributed by atoms with van der Waals surface area (Å²) in [5.41, 5.74) is 1.30. The summed E-state index contributed by atoms with van der Waals surface area (Å²) >= 11 is 0. The SMILES string of the molecule is O=C1C(=O)N(CCCN2CCOCC2)[C@@H](c2ccncc2)C1=C(O)c1ccncc1. The third kappa shape index (κ3) is 4.10. The highest BCUT2D eigenvalue weighted by molar-refractivity contribution is 6.46. The van der Waals surface area contributed by atoms with E-state index >= 15 is 0 Å². The van der Waals surface area contributed by atoms with Gasteiger partial charge < -0.3 is 14.7 Å². The number of aliphatic hydroxyl groups is 1. The smallest absolute Gasteiger partial charge is 0.295 e. The molecule has 0 bridgehead atoms. The Balaban J connectivity index is 1.63. The molecule has 2 aliphatic rings. The van der Waals surface area contributed by atoms with Crippen LogP contribution in [0.2, 0.25) is 0 Å². The van der Waals surface area contributed by atoms with E-state index in [-0.39, 0.29) is 11.3 Å². The van der Waals surface area contributed by atoms with Gasteiger partial charge in [-0.05, 0) is 36.2 Å². The maximum atomic E-state index is 12.9. The number of pyridine rings is 2. The molecule has 30 heavy (non-hydrogen) atoms. The molecule has 0 radical (unpaired) electrons. The number of hydrogen-bond acceptors (Lipinski definition) is 7. The first-order chi connectivity index (χ1) is 14.7. The first-order valence-electron chi connectivity index (χ1n) is 10.1. The van der Waals surface area contributed by atoms with Gasteiger partial charge in [0, 0.05) is 56.5 Å². The minimum atomic E-state index is -0.669. The molecule has 4 heterocycles. The van der Waals surface area contributed by atoms with Crippen molar-refractivity contribution in [2.75, 3.05) is 39.4 Å². The molecule has 2 aliphatic heterocycles. The van der Waals surface area contributed by atoms with Crippen LogP contribution in [0.1, 0.15) is 23.6 Å². The van der Waals surface area contributed by atoms with Crippen LogP contribution in [0.25, 0.3) is 5.76 Å². The first kappa shape index (κ1) is 20.2. The molecule has 2 aromatic heterocycles. The number of likely N-dealkylation sites (tertiary alicyclic amines) is 1. The molecule has 1 amide bonds. The van der Waals surface area contributed by atoms with E-state index in [1.807, 2.05) is 0 Å². The number of carbonyl (C=O) groups is 2. The molecule has 1 N–H and O–H groups in total. The number of amides is 1. The number of Topliss-reactive ketones (excluding diaryl/α,β-unsaturated/α-hetero) is 1. The Morgan fingerprint density at radius 2 is 1.63 bits per heavy atom. The van der Waals surface area contributed by atoms with Gasteiger partial charge in [-0.1, -0.05) is 0 Å². The normalized spacial score (nSPS) is 21.9. The Kier molecular flexibility index (Phi) is 6.15. The highest BCUT2D eigenvalue weighted by Gasteiger charge is 2.45. The van der Waals surface area contributed by atoms with Crippen molar-refractivity contribution in [3.05, 3.63) is 65.8 Å². The minimum Gasteiger partial charge on any atom is -0.507 e. The second-order valence-electron chi connectivity index (χ2n) is 7.32. The summed E-state index contributed by atoms with van der Waals surface area (Å²) in [5.74, 6) is -1.44. The average Bonchev–Trinajstić information content (AvgIpc) is 3.05. The third-order valence-electron chi connectivity index (χ3n) is 5.49. The van der Waals surface area contributed by atoms with Gasteiger partial charge in [0.1, 0.15) is 5.76 Å². The van der Waals surface area contributed by atoms with Crippen molar-refractivity contribution in [3.8, 4) is 0 Å². The molecule has 2 aromatic rings. The summed E-state index contributed by atoms with van der Waals surface area (Å²) in [6.45, 7) is 4.41. The van der Waals surface area contributed by atoms with Gasteiger partial charge in [0.15, 0.2) is 0 Å². The first-order valence-corrected chi connectivity index (χ1v) is 10.1. The average molecular weight is 408 g/mol. The lowest BCUT2D eigenvalue weighted by Crippen LogP contribution is -2.38. The molecule has 156 valence electrons. The lowest BCUT2D eigenvalue weighted by atomic mass is 9.96. The number of carbonyl (C=O) groups excluding carboxylic acids is 2. The number of aromatic nitrogens is 2. The summed E-state index contributed by atoms with van der Waals surface area (Å²) in [6.07, 6.45) is 7.04. The topological polar surface area (TPSA) is 95.9 Å². The predicted molar refractivity (Wildman–Crippen MR) is 109 cm³/mol. The summed E-state index contributed by atoms with van der Waals surface area (Å²) in [5, 5.41) is 10.9. The van der Waals surface area contributed by atoms with Crippen LogP contribution in [0.15, 0.2) is 54.6 Å². The molecule has 0 aromatic carbocycles. The molecule has 8 nitrogen and oxygen atoms in total. The van der Waals surface area contributed by atoms with Crippen molar-refractivity contribution >= 4 is 17.4 Å². The van der Waals surface area contributed by atoms with E-state index in [1.165, 1.54) is 12.4 Å². The van der Waals surface area contributed by atoms with Crippen LogP contribution >= 0.6 is 0 Å². The standard InChI is InChI=1S/C22H24N4O4/c27-20(17-4-8-24-9-5-17)18-19(16-2-6-23-7-3-16)26(22(29)21(18)28)11-1-10-25-12-14-30-15-13-25/h2-9,19,27H,1,10-15H2/t19-/m0/s1. The van der Waals surface area contributed by atoms with Crippen molar-refractivity contribution in [2.45, 2.75) is 12.5 Å². The van der Waals surface area contributed by atoms with E-state index < -0.39 is 17.7 Å². The number of hydrogen-bond donors (Lipinski definition) is 1. The molecule has 0 spiro atoms. The van der Waals surface area contributed by atoms with E-state index in [2.05, 4.69) is 14.9 Å². The van der Waals surface area contributed by atoms with Crippen LogP contribution in [-0.4, -0.2) is 76.0 Å². The largest absolute Gasteiger partial charge is 0.507 e. The highest BCUT2D eigenvalue weighted by Crippen LogP contribution is 2.39. The van der Waals surface area contributed by atoms with E-state index in [0.717, 1.165) is 31.6 Å². The quantitative estimate of drug-likeness (QED) is 0.441. The van der Waals surface area contributed by atoms with Gasteiger partial charge in [0.05, 0.1) is 24.8 Å². The zero-order chi connectivity index (χ0) is 20.9. The molecule has 4 rings (SSSR count). The van der Waals surface area contributed by atoms with Crippen molar-refractivity contribution < 1.29 is 19.4 Å². The van der Waals surface area contributed by atoms with Crippen molar-refractivity contribution in [1.29, 1.82) is 0 Å². The van der Waals surface area contributed by atoms with Crippen LogP contribution in [0.4, 0.5) is 0 Å². The van der Waals surface area contributed by atoms with E-state index in [9.17, 15) is 14.7 Å². The Hall–Kier alpha value is -3.10. The molecular formula is C22H24N4O4. The lowest BCUT2D eigenvalue weighted by Gasteiger charge is -2.29. The van der Waals surface area contributed by atoms with E-state index in [1.54, 1.807) is 41.6 Å². The van der Waals surface area contributed by atoms with Gasteiger partial charge >= 0.3 is 0 Å². The van der Waals surface area contributed by atoms with Gasteiger partial charge in [0.25, 0.3) is 11.7 Å². The summed E-state index contributed by atoms with van der Waals surface area (Å²) in [7, 11) is 0. The number of ether oxygens (including phenoxy) is 1. The summed E-state index contributed by atoms with van der Waals surface area (Å²) in [4.78, 5) is 37.6. The van der Waals surface area contributed by atoms with Gasteiger partial charge in [-0.3, -0.25) is 24.5 Å². The lowest BCUT2D eigenvalue weighted by molar-refractivity contribution is -0.140. The number of rotatable bonds is 6. The number of aliphatic hydroxyl groups excluding tert-OH is 1. The Labute approximate surface area is 174 Å². The van der Waals surface area contributed by atoms with Crippen LogP contribution in [0.3, 0.4) is 0 Å². The molecule has 0 aliphatic carbocycles. The van der Waals surface area contributed by atoms with Gasteiger partial charge in [-0.2, -0.15) is 0 Å². The van der Waals surface area contributed by atoms with Crippen LogP contribution in [-0.2, 0) is 14.3 Å². The van der Waals surface area contributed by atoms with Crippen molar-refractivity contribution in [3.63, 3.8) is 0 Å². The Morgan fingerprint density at radius 1 is 1.00 bits per heavy atom. The van der Waals surface area contributed by atoms with Gasteiger partial charge in [0.2, 0.25) is 0 Å². The number of nitrogens with zero attached hydrogens (tertiary/aromatic N) is 4. The predicted octanol–water partition coefficient (Wildman–Crippen LogP) is 1.62. The zero-order valence-corrected chi connectivity index (χ0v) is 16.6. The van der Waals surface area contributed by atoms with Crippen LogP contribution in [0, 0.1) is 0 Å². The minimum absolute atomic E-state index is 0.101. The number of morpholine rings is 1. The fraction of sp³-hybridized carbons (Fsp3) is 0.364. The van der Waals surface area contributed by atoms with Crippen LogP contribution in [0.5, 0.6) is 0 Å². The summed E-state index contributed by atoms with van der Waals surface area (Å²) < 4.78 is 5.37. The van der Waals surface area contributed by atoms with Crippen molar-refractivity contribution in [1.82, 2.24) is 19.8 Å². The van der Waals surface area contributed by atoms with E-state index in [4.69, 9.17) is 4.74 Å². The monoisotopic (exact) mass is 408 g/mol. The fourth-order valence-electron chi connectivity index (χ4n) is 3.96. The maximum Gasteiger partial charge on any atom is 0.295 e. The Bertz CT molecular complexity index is 927. The second-order valence-corrected chi connectivity index (χ2v) is 7.32. The molecule has 2 saturated heterocycles. The maximum absolute atomic E-state index is 12.9. The molecule has 0 unspecified atom stereocenters. The molecule has 2 fully saturated rings. The zero-order valence-electron chi connectivity index (χ0n) is 16.6. The van der Waals surface area contributed by atoms with Crippen molar-refractivity contribution in [2.24, 2.45) is 0 Å². The summed E-state index contributed by atoms with van der Waals surface area (Å²) in [6, 6.07) is 6.12. The third-order valence-corrected chi connectivity index (χ3v) is 5.49. The molecular weight excluding hydrogens is 384 g/mol. The number of ketones is 1. The van der Waals surface area contributed by atoms with Crippen LogP contribution < -0.4 is 0 Å². The molecule has 0 saturated carbocycles. The van der Waals surface area contributed by atoms with Gasteiger partial charge in [-0.25, -0.2) is 0 Å². The molecule has 1 atom stereocenters.